The Bertz CT molecular complexity index is 439. The predicted octanol–water partition coefficient (Wildman–Crippen LogP) is 2.36. The number of benzene rings is 1. The highest BCUT2D eigenvalue weighted by atomic mass is 32.1. The zero-order valence-corrected chi connectivity index (χ0v) is 8.65. The maximum Gasteiger partial charge on any atom is 0.317 e. The van der Waals surface area contributed by atoms with E-state index in [4.69, 9.17) is 5.11 Å². The van der Waals surface area contributed by atoms with Gasteiger partial charge in [0.1, 0.15) is 10.9 Å². The number of thiazole rings is 1. The summed E-state index contributed by atoms with van der Waals surface area (Å²) < 4.78 is 0. The largest absolute Gasteiger partial charge is 0.480 e. The summed E-state index contributed by atoms with van der Waals surface area (Å²) in [6, 6.07) is 9.14. The molecule has 0 radical (unpaired) electrons. The Kier molecular flexibility index (Phi) is 2.78. The van der Waals surface area contributed by atoms with Gasteiger partial charge in [-0.3, -0.25) is 4.79 Å². The van der Waals surface area contributed by atoms with E-state index in [0.29, 0.717) is 5.01 Å². The van der Waals surface area contributed by atoms with Gasteiger partial charge in [0, 0.05) is 11.6 Å². The fourth-order valence-corrected chi connectivity index (χ4v) is 2.17. The van der Waals surface area contributed by atoms with Gasteiger partial charge in [-0.1, -0.05) is 30.3 Å². The molecule has 0 spiro atoms. The Balaban J connectivity index is 2.42. The molecule has 1 aromatic carbocycles. The Morgan fingerprint density at radius 1 is 1.33 bits per heavy atom. The van der Waals surface area contributed by atoms with Crippen LogP contribution in [-0.2, 0) is 4.79 Å². The zero-order valence-electron chi connectivity index (χ0n) is 7.83. The van der Waals surface area contributed by atoms with Crippen molar-refractivity contribution < 1.29 is 9.90 Å². The fraction of sp³-hybridized carbons (Fsp3) is 0.0909. The van der Waals surface area contributed by atoms with E-state index >= 15 is 0 Å². The number of carbonyl (C=O) groups is 1. The predicted molar refractivity (Wildman–Crippen MR) is 58.0 cm³/mol. The van der Waals surface area contributed by atoms with Gasteiger partial charge in [0.15, 0.2) is 0 Å². The number of carboxylic acid groups (broad SMARTS) is 1. The van der Waals surface area contributed by atoms with Gasteiger partial charge in [-0.15, -0.1) is 11.3 Å². The van der Waals surface area contributed by atoms with Crippen molar-refractivity contribution in [2.24, 2.45) is 0 Å². The monoisotopic (exact) mass is 219 g/mol. The molecule has 0 saturated heterocycles. The normalized spacial score (nSPS) is 12.3. The molecule has 1 aromatic heterocycles. The first-order chi connectivity index (χ1) is 7.29. The van der Waals surface area contributed by atoms with E-state index in [1.807, 2.05) is 18.2 Å². The number of aliphatic carboxylic acids is 1. The molecule has 0 saturated carbocycles. The minimum atomic E-state index is -0.865. The first kappa shape index (κ1) is 9.86. The summed E-state index contributed by atoms with van der Waals surface area (Å²) in [6.45, 7) is 0. The fourth-order valence-electron chi connectivity index (χ4n) is 1.41. The number of hydrogen-bond donors (Lipinski definition) is 1. The van der Waals surface area contributed by atoms with E-state index in [2.05, 4.69) is 4.98 Å². The van der Waals surface area contributed by atoms with Gasteiger partial charge in [-0.2, -0.15) is 0 Å². The number of nitrogens with zero attached hydrogens (tertiary/aromatic N) is 1. The molecule has 0 aliphatic carbocycles. The molecular formula is C11H9NO2S. The van der Waals surface area contributed by atoms with Gasteiger partial charge in [-0.25, -0.2) is 4.98 Å². The third-order valence-electron chi connectivity index (χ3n) is 2.08. The molecule has 1 unspecified atom stereocenters. The van der Waals surface area contributed by atoms with Crippen LogP contribution in [0.25, 0.3) is 0 Å². The summed E-state index contributed by atoms with van der Waals surface area (Å²) in [7, 11) is 0. The summed E-state index contributed by atoms with van der Waals surface area (Å²) in [5.74, 6) is -1.51. The van der Waals surface area contributed by atoms with Crippen molar-refractivity contribution in [1.29, 1.82) is 0 Å². The summed E-state index contributed by atoms with van der Waals surface area (Å²) in [5.41, 5.74) is 0.764. The number of aromatic nitrogens is 1. The molecule has 1 heterocycles. The number of hydrogen-bond acceptors (Lipinski definition) is 3. The van der Waals surface area contributed by atoms with E-state index in [-0.39, 0.29) is 0 Å². The maximum atomic E-state index is 11.2. The van der Waals surface area contributed by atoms with Gasteiger partial charge >= 0.3 is 5.97 Å². The van der Waals surface area contributed by atoms with Crippen LogP contribution in [0.5, 0.6) is 0 Å². The van der Waals surface area contributed by atoms with Crippen molar-refractivity contribution in [3.63, 3.8) is 0 Å². The Morgan fingerprint density at radius 3 is 2.60 bits per heavy atom. The smallest absolute Gasteiger partial charge is 0.317 e. The van der Waals surface area contributed by atoms with Gasteiger partial charge in [0.25, 0.3) is 0 Å². The first-order valence-electron chi connectivity index (χ1n) is 4.46. The molecule has 15 heavy (non-hydrogen) atoms. The zero-order chi connectivity index (χ0) is 10.7. The third kappa shape index (κ3) is 2.05. The second kappa shape index (κ2) is 4.23. The number of rotatable bonds is 3. The SMILES string of the molecule is O=C(O)C(c1ccccc1)c1nccs1. The average molecular weight is 219 g/mol. The molecule has 0 amide bonds. The molecule has 2 rings (SSSR count). The second-order valence-corrected chi connectivity index (χ2v) is 3.98. The van der Waals surface area contributed by atoms with Crippen LogP contribution in [-0.4, -0.2) is 16.1 Å². The van der Waals surface area contributed by atoms with Crippen molar-refractivity contribution in [2.45, 2.75) is 5.92 Å². The van der Waals surface area contributed by atoms with Crippen LogP contribution in [0.3, 0.4) is 0 Å². The van der Waals surface area contributed by atoms with Crippen LogP contribution in [0.4, 0.5) is 0 Å². The first-order valence-corrected chi connectivity index (χ1v) is 5.34. The molecule has 0 fully saturated rings. The highest BCUT2D eigenvalue weighted by Crippen LogP contribution is 2.26. The molecule has 0 aliphatic rings. The standard InChI is InChI=1S/C11H9NO2S/c13-11(14)9(10-12-6-7-15-10)8-4-2-1-3-5-8/h1-7,9H,(H,13,14). The quantitative estimate of drug-likeness (QED) is 0.862. The maximum absolute atomic E-state index is 11.2. The van der Waals surface area contributed by atoms with Gasteiger partial charge in [-0.05, 0) is 5.56 Å². The van der Waals surface area contributed by atoms with Crippen LogP contribution in [0, 0.1) is 0 Å². The van der Waals surface area contributed by atoms with E-state index in [1.54, 1.807) is 23.7 Å². The van der Waals surface area contributed by atoms with Crippen LogP contribution in [0.2, 0.25) is 0 Å². The van der Waals surface area contributed by atoms with Crippen LogP contribution in [0.15, 0.2) is 41.9 Å². The molecule has 3 nitrogen and oxygen atoms in total. The van der Waals surface area contributed by atoms with E-state index < -0.39 is 11.9 Å². The lowest BCUT2D eigenvalue weighted by molar-refractivity contribution is -0.137. The highest BCUT2D eigenvalue weighted by molar-refractivity contribution is 7.09. The van der Waals surface area contributed by atoms with Crippen molar-refractivity contribution in [1.82, 2.24) is 4.98 Å². The summed E-state index contributed by atoms with van der Waals surface area (Å²) in [4.78, 5) is 15.2. The number of carboxylic acids is 1. The molecule has 0 bridgehead atoms. The summed E-state index contributed by atoms with van der Waals surface area (Å²) >= 11 is 1.36. The van der Waals surface area contributed by atoms with Crippen LogP contribution in [0.1, 0.15) is 16.5 Å². The summed E-state index contributed by atoms with van der Waals surface area (Å²) in [6.07, 6.45) is 1.62. The molecule has 2 aromatic rings. The molecule has 0 aliphatic heterocycles. The van der Waals surface area contributed by atoms with Crippen molar-refractivity contribution in [3.8, 4) is 0 Å². The molecule has 1 atom stereocenters. The van der Waals surface area contributed by atoms with E-state index in [0.717, 1.165) is 5.56 Å². The molecule has 76 valence electrons. The third-order valence-corrected chi connectivity index (χ3v) is 2.92. The average Bonchev–Trinajstić information content (AvgIpc) is 2.72. The van der Waals surface area contributed by atoms with Crippen molar-refractivity contribution in [2.75, 3.05) is 0 Å². The lowest BCUT2D eigenvalue weighted by atomic mass is 10.0. The lowest BCUT2D eigenvalue weighted by Crippen LogP contribution is -2.12. The minimum absolute atomic E-state index is 0.619. The molecule has 1 N–H and O–H groups in total. The van der Waals surface area contributed by atoms with Gasteiger partial charge in [0.05, 0.1) is 0 Å². The Hall–Kier alpha value is -1.68. The van der Waals surface area contributed by atoms with E-state index in [1.165, 1.54) is 11.3 Å². The van der Waals surface area contributed by atoms with Gasteiger partial charge in [0.2, 0.25) is 0 Å². The molecule has 4 heteroatoms. The molecular weight excluding hydrogens is 210 g/mol. The highest BCUT2D eigenvalue weighted by Gasteiger charge is 2.23. The summed E-state index contributed by atoms with van der Waals surface area (Å²) in [5, 5.41) is 11.6. The van der Waals surface area contributed by atoms with E-state index in [9.17, 15) is 4.79 Å². The minimum Gasteiger partial charge on any atom is -0.480 e. The lowest BCUT2D eigenvalue weighted by Gasteiger charge is -2.08. The van der Waals surface area contributed by atoms with Crippen LogP contribution >= 0.6 is 11.3 Å². The topological polar surface area (TPSA) is 50.2 Å². The Labute approximate surface area is 91.0 Å². The van der Waals surface area contributed by atoms with Crippen LogP contribution < -0.4 is 0 Å². The van der Waals surface area contributed by atoms with Crippen molar-refractivity contribution >= 4 is 17.3 Å². The second-order valence-electron chi connectivity index (χ2n) is 3.05. The van der Waals surface area contributed by atoms with Crippen molar-refractivity contribution in [3.05, 3.63) is 52.5 Å². The van der Waals surface area contributed by atoms with Gasteiger partial charge < -0.3 is 5.11 Å². The Morgan fingerprint density at radius 2 is 2.07 bits per heavy atom.